The maximum absolute atomic E-state index is 14.2. The predicted octanol–water partition coefficient (Wildman–Crippen LogP) is 4.15. The number of aromatic nitrogens is 4. The summed E-state index contributed by atoms with van der Waals surface area (Å²) >= 11 is 1.22. The third kappa shape index (κ3) is 5.14. The van der Waals surface area contributed by atoms with Crippen molar-refractivity contribution in [2.75, 3.05) is 17.7 Å². The lowest BCUT2D eigenvalue weighted by atomic mass is 9.93. The minimum absolute atomic E-state index is 0.181. The number of hydrogen-bond donors (Lipinski definition) is 2. The molecule has 3 aromatic rings. The Morgan fingerprint density at radius 3 is 2.81 bits per heavy atom. The molecular formula is C22H23FN6O2S. The number of halogens is 1. The molecule has 2 atom stereocenters. The number of anilines is 2. The van der Waals surface area contributed by atoms with Gasteiger partial charge in [-0.1, -0.05) is 35.1 Å². The van der Waals surface area contributed by atoms with Gasteiger partial charge in [0.25, 0.3) is 5.91 Å². The van der Waals surface area contributed by atoms with Gasteiger partial charge in [-0.25, -0.2) is 4.39 Å². The number of allylic oxidation sites excluding steroid dienone is 1. The van der Waals surface area contributed by atoms with E-state index in [2.05, 4.69) is 37.1 Å². The number of carbonyl (C=O) groups excluding carboxylic acids is 1. The number of benzene rings is 1. The van der Waals surface area contributed by atoms with E-state index in [-0.39, 0.29) is 11.6 Å². The van der Waals surface area contributed by atoms with Crippen molar-refractivity contribution in [2.24, 2.45) is 0 Å². The second-order valence-corrected chi connectivity index (χ2v) is 8.47. The first kappa shape index (κ1) is 22.0. The quantitative estimate of drug-likeness (QED) is 0.553. The number of hydrogen-bond acceptors (Lipinski definition) is 8. The number of amides is 1. The monoisotopic (exact) mass is 454 g/mol. The number of ether oxygens (including phenoxy) is 1. The van der Waals surface area contributed by atoms with Crippen LogP contribution in [0.5, 0.6) is 0 Å². The second kappa shape index (κ2) is 9.92. The minimum atomic E-state index is -1.09. The fraction of sp³-hybridized carbons (Fsp3) is 0.318. The molecule has 0 spiro atoms. The number of nitrogens with zero attached hydrogens (tertiary/aromatic N) is 4. The van der Waals surface area contributed by atoms with Crippen molar-refractivity contribution in [3.05, 3.63) is 65.2 Å². The van der Waals surface area contributed by atoms with Crippen LogP contribution in [0.3, 0.4) is 0 Å². The molecule has 1 aliphatic carbocycles. The smallest absolute Gasteiger partial charge is 0.260 e. The van der Waals surface area contributed by atoms with Crippen LogP contribution in [0.1, 0.15) is 42.2 Å². The van der Waals surface area contributed by atoms with Crippen molar-refractivity contribution in [1.29, 1.82) is 0 Å². The van der Waals surface area contributed by atoms with Gasteiger partial charge in [0.15, 0.2) is 6.10 Å². The minimum Gasteiger partial charge on any atom is -0.367 e. The van der Waals surface area contributed by atoms with Crippen LogP contribution in [-0.2, 0) is 9.53 Å². The fourth-order valence-corrected chi connectivity index (χ4v) is 4.31. The van der Waals surface area contributed by atoms with Crippen LogP contribution >= 0.6 is 11.3 Å². The van der Waals surface area contributed by atoms with Crippen LogP contribution in [0, 0.1) is 12.7 Å². The standard InChI is InChI=1S/C22H23FN6O2S/c1-13-5-10-17(23)16(12-13)19(31-2)20(30)26-22-29-28-21(32-22)25-15-8-6-14(7-9-15)18-4-3-11-24-27-18/h3-6,10-12,15,19H,7-9H2,1-2H3,(H,25,28)(H,26,29,30)/t15-,19+/m1/s1. The van der Waals surface area contributed by atoms with Gasteiger partial charge in [0.2, 0.25) is 10.3 Å². The molecule has 10 heteroatoms. The zero-order valence-corrected chi connectivity index (χ0v) is 18.5. The number of carbonyl (C=O) groups is 1. The van der Waals surface area contributed by atoms with Crippen molar-refractivity contribution in [2.45, 2.75) is 38.3 Å². The number of methoxy groups -OCH3 is 1. The summed E-state index contributed by atoms with van der Waals surface area (Å²) < 4.78 is 19.5. The van der Waals surface area contributed by atoms with Crippen LogP contribution in [-0.4, -0.2) is 39.5 Å². The summed E-state index contributed by atoms with van der Waals surface area (Å²) in [4.78, 5) is 12.7. The third-order valence-corrected chi connectivity index (χ3v) is 5.97. The Kier molecular flexibility index (Phi) is 6.81. The van der Waals surface area contributed by atoms with E-state index in [4.69, 9.17) is 4.74 Å². The first-order valence-electron chi connectivity index (χ1n) is 10.2. The Balaban J connectivity index is 1.36. The van der Waals surface area contributed by atoms with Crippen molar-refractivity contribution in [3.63, 3.8) is 0 Å². The highest BCUT2D eigenvalue weighted by Crippen LogP contribution is 2.30. The molecule has 2 aromatic heterocycles. The Bertz CT molecular complexity index is 1120. The third-order valence-electron chi connectivity index (χ3n) is 5.20. The number of nitrogens with one attached hydrogen (secondary N) is 2. The second-order valence-electron chi connectivity index (χ2n) is 7.50. The fourth-order valence-electron chi connectivity index (χ4n) is 3.59. The van der Waals surface area contributed by atoms with E-state index in [1.807, 2.05) is 19.1 Å². The number of aryl methyl sites for hydroxylation is 1. The average Bonchev–Trinajstić information content (AvgIpc) is 3.24. The molecule has 8 nitrogen and oxygen atoms in total. The van der Waals surface area contributed by atoms with Crippen LogP contribution in [0.2, 0.25) is 0 Å². The zero-order valence-electron chi connectivity index (χ0n) is 17.7. The van der Waals surface area contributed by atoms with Gasteiger partial charge in [-0.15, -0.1) is 10.2 Å². The lowest BCUT2D eigenvalue weighted by molar-refractivity contribution is -0.126. The van der Waals surface area contributed by atoms with Gasteiger partial charge < -0.3 is 10.1 Å². The molecule has 0 bridgehead atoms. The maximum Gasteiger partial charge on any atom is 0.260 e. The van der Waals surface area contributed by atoms with E-state index in [9.17, 15) is 9.18 Å². The van der Waals surface area contributed by atoms with Crippen LogP contribution in [0.25, 0.3) is 5.57 Å². The van der Waals surface area contributed by atoms with E-state index in [1.54, 1.807) is 18.3 Å². The Labute approximate surface area is 188 Å². The molecule has 2 N–H and O–H groups in total. The predicted molar refractivity (Wildman–Crippen MR) is 121 cm³/mol. The van der Waals surface area contributed by atoms with Gasteiger partial charge in [0.05, 0.1) is 5.69 Å². The zero-order chi connectivity index (χ0) is 22.5. The lowest BCUT2D eigenvalue weighted by Gasteiger charge is -2.22. The summed E-state index contributed by atoms with van der Waals surface area (Å²) in [6, 6.07) is 8.62. The lowest BCUT2D eigenvalue weighted by Crippen LogP contribution is -2.23. The maximum atomic E-state index is 14.2. The molecule has 4 rings (SSSR count). The van der Waals surface area contributed by atoms with Crippen LogP contribution in [0.15, 0.2) is 42.6 Å². The molecule has 0 saturated carbocycles. The summed E-state index contributed by atoms with van der Waals surface area (Å²) in [5.41, 5.74) is 3.11. The van der Waals surface area contributed by atoms with Crippen molar-refractivity contribution >= 4 is 33.1 Å². The molecule has 0 radical (unpaired) electrons. The van der Waals surface area contributed by atoms with E-state index < -0.39 is 17.8 Å². The molecule has 1 aliphatic rings. The summed E-state index contributed by atoms with van der Waals surface area (Å²) in [5, 5.41) is 23.2. The summed E-state index contributed by atoms with van der Waals surface area (Å²) in [5.74, 6) is -1.00. The summed E-state index contributed by atoms with van der Waals surface area (Å²) in [7, 11) is 1.37. The molecule has 0 fully saturated rings. The Morgan fingerprint density at radius 2 is 2.09 bits per heavy atom. The molecule has 0 unspecified atom stereocenters. The molecule has 0 aliphatic heterocycles. The van der Waals surface area contributed by atoms with Crippen LogP contribution in [0.4, 0.5) is 14.7 Å². The topological polar surface area (TPSA) is 102 Å². The van der Waals surface area contributed by atoms with Gasteiger partial charge in [-0.05, 0) is 50.0 Å². The van der Waals surface area contributed by atoms with Crippen molar-refractivity contribution in [3.8, 4) is 0 Å². The normalized spacial score (nSPS) is 16.8. The van der Waals surface area contributed by atoms with E-state index in [0.717, 1.165) is 30.5 Å². The molecule has 32 heavy (non-hydrogen) atoms. The first-order valence-corrected chi connectivity index (χ1v) is 11.0. The van der Waals surface area contributed by atoms with Gasteiger partial charge in [-0.3, -0.25) is 10.1 Å². The molecule has 1 aromatic carbocycles. The molecule has 0 saturated heterocycles. The molecule has 2 heterocycles. The van der Waals surface area contributed by atoms with E-state index >= 15 is 0 Å². The van der Waals surface area contributed by atoms with E-state index in [0.29, 0.717) is 10.3 Å². The Hall–Kier alpha value is -3.24. The largest absolute Gasteiger partial charge is 0.367 e. The van der Waals surface area contributed by atoms with Gasteiger partial charge in [0, 0.05) is 24.9 Å². The summed E-state index contributed by atoms with van der Waals surface area (Å²) in [6.45, 7) is 1.83. The molecule has 166 valence electrons. The Morgan fingerprint density at radius 1 is 1.25 bits per heavy atom. The summed E-state index contributed by atoms with van der Waals surface area (Å²) in [6.07, 6.45) is 5.37. The van der Waals surface area contributed by atoms with Crippen LogP contribution < -0.4 is 10.6 Å². The molecular weight excluding hydrogens is 431 g/mol. The first-order chi connectivity index (χ1) is 15.5. The van der Waals surface area contributed by atoms with Gasteiger partial charge in [0.1, 0.15) is 5.82 Å². The van der Waals surface area contributed by atoms with Crippen molar-refractivity contribution < 1.29 is 13.9 Å². The highest BCUT2D eigenvalue weighted by molar-refractivity contribution is 7.19. The van der Waals surface area contributed by atoms with Gasteiger partial charge >= 0.3 is 0 Å². The number of rotatable bonds is 7. The highest BCUT2D eigenvalue weighted by atomic mass is 32.1. The van der Waals surface area contributed by atoms with Gasteiger partial charge in [-0.2, -0.15) is 10.2 Å². The SMILES string of the molecule is CO[C@H](C(=O)Nc1nnc(N[C@@H]2CC=C(c3cccnn3)CC2)s1)c1cc(C)ccc1F. The molecule has 1 amide bonds. The van der Waals surface area contributed by atoms with Crippen molar-refractivity contribution in [1.82, 2.24) is 20.4 Å². The van der Waals surface area contributed by atoms with E-state index in [1.165, 1.54) is 30.1 Å². The average molecular weight is 455 g/mol. The highest BCUT2D eigenvalue weighted by Gasteiger charge is 2.25.